The maximum atomic E-state index is 13.1. The van der Waals surface area contributed by atoms with Gasteiger partial charge in [0.15, 0.2) is 0 Å². The molecule has 0 aliphatic carbocycles. The second-order valence-electron chi connectivity index (χ2n) is 7.65. The summed E-state index contributed by atoms with van der Waals surface area (Å²) in [6, 6.07) is 13.4. The molecule has 6 heteroatoms. The predicted octanol–water partition coefficient (Wildman–Crippen LogP) is 2.06. The maximum absolute atomic E-state index is 13.1. The molecule has 3 rings (SSSR count). The number of amides is 2. The second kappa shape index (κ2) is 9.65. The Morgan fingerprint density at radius 3 is 2.69 bits per heavy atom. The molecule has 2 amide bonds. The lowest BCUT2D eigenvalue weighted by atomic mass is 9.98. The highest BCUT2D eigenvalue weighted by atomic mass is 16.2. The molecule has 1 aliphatic heterocycles. The van der Waals surface area contributed by atoms with E-state index in [0.717, 1.165) is 16.3 Å². The molecule has 29 heavy (non-hydrogen) atoms. The van der Waals surface area contributed by atoms with E-state index in [-0.39, 0.29) is 23.6 Å². The van der Waals surface area contributed by atoms with Gasteiger partial charge in [-0.25, -0.2) is 0 Å². The van der Waals surface area contributed by atoms with Crippen molar-refractivity contribution in [1.29, 1.82) is 0 Å². The van der Waals surface area contributed by atoms with E-state index in [0.29, 0.717) is 38.8 Å². The number of likely N-dealkylation sites (N-methyl/N-ethyl adjacent to an activating group) is 1. The molecule has 0 aromatic heterocycles. The van der Waals surface area contributed by atoms with Crippen LogP contribution in [0.3, 0.4) is 0 Å². The Balaban J connectivity index is 1.77. The number of Topliss-reactive ketones (excluding diaryl/α,β-unsaturated/α-hetero) is 1. The van der Waals surface area contributed by atoms with Gasteiger partial charge in [0.1, 0.15) is 11.8 Å². The molecule has 1 fully saturated rings. The molecule has 1 saturated heterocycles. The molecule has 2 N–H and O–H groups in total. The van der Waals surface area contributed by atoms with E-state index < -0.39 is 6.04 Å². The average molecular weight is 396 g/mol. The van der Waals surface area contributed by atoms with Gasteiger partial charge in [0.2, 0.25) is 11.8 Å². The third kappa shape index (κ3) is 5.21. The summed E-state index contributed by atoms with van der Waals surface area (Å²) in [4.78, 5) is 38.6. The fourth-order valence-electron chi connectivity index (χ4n) is 3.95. The van der Waals surface area contributed by atoms with Crippen LogP contribution < -0.4 is 10.6 Å². The van der Waals surface area contributed by atoms with Crippen LogP contribution in [0.5, 0.6) is 0 Å². The van der Waals surface area contributed by atoms with Gasteiger partial charge in [-0.05, 0) is 36.1 Å². The first-order valence-corrected chi connectivity index (χ1v) is 10.2. The zero-order valence-corrected chi connectivity index (χ0v) is 17.1. The van der Waals surface area contributed by atoms with Crippen molar-refractivity contribution < 1.29 is 14.4 Å². The molecule has 1 aliphatic rings. The third-order valence-corrected chi connectivity index (χ3v) is 5.51. The van der Waals surface area contributed by atoms with Gasteiger partial charge in [0.05, 0.1) is 6.04 Å². The largest absolute Gasteiger partial charge is 0.357 e. The Morgan fingerprint density at radius 2 is 1.97 bits per heavy atom. The highest BCUT2D eigenvalue weighted by molar-refractivity contribution is 5.91. The highest BCUT2D eigenvalue weighted by Crippen LogP contribution is 2.20. The number of hydrogen-bond acceptors (Lipinski definition) is 4. The number of nitrogens with zero attached hydrogens (tertiary/aromatic N) is 1. The van der Waals surface area contributed by atoms with Crippen molar-refractivity contribution in [2.45, 2.75) is 44.7 Å². The number of fused-ring (bicyclic) bond motifs is 1. The van der Waals surface area contributed by atoms with E-state index >= 15 is 0 Å². The van der Waals surface area contributed by atoms with Crippen molar-refractivity contribution >= 4 is 28.4 Å². The van der Waals surface area contributed by atoms with Crippen LogP contribution in [0, 0.1) is 0 Å². The molecular weight excluding hydrogens is 366 g/mol. The van der Waals surface area contributed by atoms with E-state index in [1.54, 1.807) is 18.9 Å². The molecule has 2 unspecified atom stereocenters. The third-order valence-electron chi connectivity index (χ3n) is 5.51. The van der Waals surface area contributed by atoms with Crippen molar-refractivity contribution in [1.82, 2.24) is 15.5 Å². The minimum Gasteiger partial charge on any atom is -0.357 e. The van der Waals surface area contributed by atoms with E-state index in [1.807, 2.05) is 18.2 Å². The van der Waals surface area contributed by atoms with Gasteiger partial charge in [-0.15, -0.1) is 0 Å². The second-order valence-corrected chi connectivity index (χ2v) is 7.65. The van der Waals surface area contributed by atoms with Crippen molar-refractivity contribution in [2.24, 2.45) is 0 Å². The fraction of sp³-hybridized carbons (Fsp3) is 0.435. The first kappa shape index (κ1) is 21.0. The summed E-state index contributed by atoms with van der Waals surface area (Å²) in [6.45, 7) is 2.70. The van der Waals surface area contributed by atoms with Crippen molar-refractivity contribution in [3.8, 4) is 0 Å². The minimum absolute atomic E-state index is 0.0609. The van der Waals surface area contributed by atoms with E-state index in [1.165, 1.54) is 0 Å². The summed E-state index contributed by atoms with van der Waals surface area (Å²) in [5.74, 6) is -0.0882. The Labute approximate surface area is 171 Å². The number of nitrogens with one attached hydrogen (secondary N) is 2. The topological polar surface area (TPSA) is 78.5 Å². The molecule has 6 nitrogen and oxygen atoms in total. The Bertz CT molecular complexity index is 896. The molecular formula is C23H29N3O3. The molecule has 1 heterocycles. The van der Waals surface area contributed by atoms with Gasteiger partial charge in [-0.2, -0.15) is 0 Å². The summed E-state index contributed by atoms with van der Waals surface area (Å²) in [7, 11) is 1.60. The zero-order valence-electron chi connectivity index (χ0n) is 17.1. The molecule has 0 radical (unpaired) electrons. The quantitative estimate of drug-likeness (QED) is 0.717. The standard InChI is InChI=1S/C23H29N3O3/c1-16(27)6-5-9-20-23(29)26(13-12-25-20)21(22(28)24-2)15-17-10-11-18-7-3-4-8-19(18)14-17/h3-4,7-8,10-11,14,20-21,25H,5-6,9,12-13,15H2,1-2H3,(H,24,28). The smallest absolute Gasteiger partial charge is 0.242 e. The Hall–Kier alpha value is -2.73. The van der Waals surface area contributed by atoms with E-state index in [2.05, 4.69) is 34.9 Å². The SMILES string of the molecule is CNC(=O)C(Cc1ccc2ccccc2c1)N1CCNC(CCCC(C)=O)C1=O. The predicted molar refractivity (Wildman–Crippen MR) is 114 cm³/mol. The first-order chi connectivity index (χ1) is 14.0. The number of piperazine rings is 1. The Morgan fingerprint density at radius 1 is 1.21 bits per heavy atom. The lowest BCUT2D eigenvalue weighted by Gasteiger charge is -2.38. The number of hydrogen-bond donors (Lipinski definition) is 2. The van der Waals surface area contributed by atoms with Crippen LogP contribution in [0.4, 0.5) is 0 Å². The Kier molecular flexibility index (Phi) is 6.99. The fourth-order valence-corrected chi connectivity index (χ4v) is 3.95. The monoisotopic (exact) mass is 395 g/mol. The summed E-state index contributed by atoms with van der Waals surface area (Å²) in [6.07, 6.45) is 2.21. The van der Waals surface area contributed by atoms with Gasteiger partial charge in [0.25, 0.3) is 0 Å². The van der Waals surface area contributed by atoms with Gasteiger partial charge >= 0.3 is 0 Å². The summed E-state index contributed by atoms with van der Waals surface area (Å²) in [5.41, 5.74) is 1.02. The number of benzene rings is 2. The molecule has 0 saturated carbocycles. The van der Waals surface area contributed by atoms with Gasteiger partial charge in [-0.3, -0.25) is 9.59 Å². The van der Waals surface area contributed by atoms with Crippen molar-refractivity contribution in [3.63, 3.8) is 0 Å². The van der Waals surface area contributed by atoms with Crippen LogP contribution in [-0.2, 0) is 20.8 Å². The molecule has 0 bridgehead atoms. The van der Waals surface area contributed by atoms with Crippen molar-refractivity contribution in [2.75, 3.05) is 20.1 Å². The van der Waals surface area contributed by atoms with Gasteiger partial charge < -0.3 is 20.3 Å². The summed E-state index contributed by atoms with van der Waals surface area (Å²) >= 11 is 0. The molecule has 154 valence electrons. The number of ketones is 1. The van der Waals surface area contributed by atoms with Crippen LogP contribution in [0.25, 0.3) is 10.8 Å². The van der Waals surface area contributed by atoms with Crippen LogP contribution in [0.1, 0.15) is 31.7 Å². The highest BCUT2D eigenvalue weighted by Gasteiger charge is 2.35. The molecule has 2 atom stereocenters. The number of carbonyl (C=O) groups is 3. The molecule has 2 aromatic rings. The van der Waals surface area contributed by atoms with Crippen LogP contribution in [-0.4, -0.2) is 54.7 Å². The normalized spacial score (nSPS) is 17.9. The summed E-state index contributed by atoms with van der Waals surface area (Å²) < 4.78 is 0. The maximum Gasteiger partial charge on any atom is 0.242 e. The van der Waals surface area contributed by atoms with Gasteiger partial charge in [0, 0.05) is 33.0 Å². The van der Waals surface area contributed by atoms with Crippen LogP contribution in [0.15, 0.2) is 42.5 Å². The van der Waals surface area contributed by atoms with Crippen LogP contribution >= 0.6 is 0 Å². The van der Waals surface area contributed by atoms with Gasteiger partial charge in [-0.1, -0.05) is 42.5 Å². The number of rotatable bonds is 8. The van der Waals surface area contributed by atoms with Crippen molar-refractivity contribution in [3.05, 3.63) is 48.0 Å². The van der Waals surface area contributed by atoms with E-state index in [9.17, 15) is 14.4 Å². The molecule has 2 aromatic carbocycles. The molecule has 0 spiro atoms. The lowest BCUT2D eigenvalue weighted by Crippen LogP contribution is -2.61. The number of carbonyl (C=O) groups excluding carboxylic acids is 3. The van der Waals surface area contributed by atoms with E-state index in [4.69, 9.17) is 0 Å². The lowest BCUT2D eigenvalue weighted by molar-refractivity contribution is -0.144. The first-order valence-electron chi connectivity index (χ1n) is 10.2. The van der Waals surface area contributed by atoms with Crippen LogP contribution in [0.2, 0.25) is 0 Å². The zero-order chi connectivity index (χ0) is 20.8. The summed E-state index contributed by atoms with van der Waals surface area (Å²) in [5, 5.41) is 8.22. The minimum atomic E-state index is -0.550. The average Bonchev–Trinajstić information content (AvgIpc) is 2.72.